The summed E-state index contributed by atoms with van der Waals surface area (Å²) in [4.78, 5) is 10.9. The molecule has 5 nitrogen and oxygen atoms in total. The van der Waals surface area contributed by atoms with E-state index in [1.165, 1.54) is 4.88 Å². The van der Waals surface area contributed by atoms with Crippen molar-refractivity contribution in [3.8, 4) is 0 Å². The predicted molar refractivity (Wildman–Crippen MR) is 83.6 cm³/mol. The lowest BCUT2D eigenvalue weighted by Crippen LogP contribution is -2.07. The van der Waals surface area contributed by atoms with Crippen molar-refractivity contribution in [2.75, 3.05) is 18.5 Å². The number of hydrogen-bond donors (Lipinski definition) is 1. The highest BCUT2D eigenvalue weighted by Gasteiger charge is 2.06. The predicted octanol–water partition coefficient (Wildman–Crippen LogP) is 3.61. The number of aromatic nitrogens is 2. The van der Waals surface area contributed by atoms with E-state index in [4.69, 9.17) is 9.15 Å². The lowest BCUT2D eigenvalue weighted by atomic mass is 10.3. The molecule has 0 atom stereocenters. The van der Waals surface area contributed by atoms with Crippen LogP contribution in [0.25, 0.3) is 10.2 Å². The van der Waals surface area contributed by atoms with E-state index in [1.54, 1.807) is 23.9 Å². The van der Waals surface area contributed by atoms with Gasteiger partial charge in [0.05, 0.1) is 11.6 Å². The van der Waals surface area contributed by atoms with Crippen molar-refractivity contribution in [3.05, 3.63) is 41.4 Å². The molecule has 0 aliphatic rings. The van der Waals surface area contributed by atoms with Gasteiger partial charge in [0.25, 0.3) is 0 Å². The highest BCUT2D eigenvalue weighted by molar-refractivity contribution is 7.18. The topological polar surface area (TPSA) is 60.2 Å². The second-order valence-corrected chi connectivity index (χ2v) is 5.95. The van der Waals surface area contributed by atoms with Gasteiger partial charge >= 0.3 is 0 Å². The number of hydrogen-bond acceptors (Lipinski definition) is 6. The van der Waals surface area contributed by atoms with Crippen molar-refractivity contribution in [1.29, 1.82) is 0 Å². The summed E-state index contributed by atoms with van der Waals surface area (Å²) < 4.78 is 10.7. The Morgan fingerprint density at radius 3 is 3.19 bits per heavy atom. The molecule has 0 aliphatic heterocycles. The third kappa shape index (κ3) is 3.59. The van der Waals surface area contributed by atoms with E-state index in [2.05, 4.69) is 28.3 Å². The molecule has 0 radical (unpaired) electrons. The van der Waals surface area contributed by atoms with E-state index >= 15 is 0 Å². The number of thiophene rings is 1. The van der Waals surface area contributed by atoms with Gasteiger partial charge in [-0.2, -0.15) is 0 Å². The van der Waals surface area contributed by atoms with Crippen LogP contribution in [0.1, 0.15) is 17.1 Å². The first kappa shape index (κ1) is 14.0. The quantitative estimate of drug-likeness (QED) is 0.676. The summed E-state index contributed by atoms with van der Waals surface area (Å²) in [6, 6.07) is 5.90. The second-order valence-electron chi connectivity index (χ2n) is 4.71. The Morgan fingerprint density at radius 2 is 2.33 bits per heavy atom. The normalized spacial score (nSPS) is 11.1. The van der Waals surface area contributed by atoms with Crippen LogP contribution in [0.4, 0.5) is 5.82 Å². The van der Waals surface area contributed by atoms with Crippen molar-refractivity contribution in [2.24, 2.45) is 0 Å². The second kappa shape index (κ2) is 6.69. The summed E-state index contributed by atoms with van der Waals surface area (Å²) >= 11 is 1.69. The van der Waals surface area contributed by atoms with E-state index in [0.717, 1.165) is 34.8 Å². The largest absolute Gasteiger partial charge is 0.467 e. The van der Waals surface area contributed by atoms with Crippen molar-refractivity contribution >= 4 is 27.4 Å². The maximum absolute atomic E-state index is 5.54. The van der Waals surface area contributed by atoms with Gasteiger partial charge in [-0.3, -0.25) is 0 Å². The molecule has 0 aliphatic carbocycles. The van der Waals surface area contributed by atoms with Crippen LogP contribution in [0.5, 0.6) is 0 Å². The summed E-state index contributed by atoms with van der Waals surface area (Å²) in [5, 5.41) is 4.44. The molecule has 0 saturated heterocycles. The van der Waals surface area contributed by atoms with Crippen LogP contribution in [0, 0.1) is 6.92 Å². The van der Waals surface area contributed by atoms with Crippen LogP contribution in [0.3, 0.4) is 0 Å². The Kier molecular flexibility index (Phi) is 4.47. The van der Waals surface area contributed by atoms with Crippen LogP contribution in [-0.4, -0.2) is 23.1 Å². The molecule has 3 rings (SSSR count). The van der Waals surface area contributed by atoms with Crippen molar-refractivity contribution in [1.82, 2.24) is 9.97 Å². The molecular formula is C15H17N3O2S. The minimum Gasteiger partial charge on any atom is -0.467 e. The van der Waals surface area contributed by atoms with E-state index in [9.17, 15) is 0 Å². The Hall–Kier alpha value is -1.92. The molecular weight excluding hydrogens is 286 g/mol. The number of nitrogens with one attached hydrogen (secondary N) is 1. The van der Waals surface area contributed by atoms with Gasteiger partial charge in [0.1, 0.15) is 29.3 Å². The zero-order chi connectivity index (χ0) is 14.5. The number of fused-ring (bicyclic) bond motifs is 1. The van der Waals surface area contributed by atoms with Gasteiger partial charge in [0.15, 0.2) is 0 Å². The van der Waals surface area contributed by atoms with Crippen LogP contribution in [0.15, 0.2) is 35.2 Å². The molecule has 3 aromatic heterocycles. The van der Waals surface area contributed by atoms with E-state index in [0.29, 0.717) is 13.2 Å². The number of nitrogens with zero attached hydrogens (tertiary/aromatic N) is 2. The van der Waals surface area contributed by atoms with Gasteiger partial charge in [0.2, 0.25) is 0 Å². The van der Waals surface area contributed by atoms with Crippen LogP contribution >= 0.6 is 11.3 Å². The standard InChI is InChI=1S/C15H17N3O2S/c1-11-8-13-14(17-10-18-15(13)21-11)16-5-3-6-19-9-12-4-2-7-20-12/h2,4,7-8,10H,3,5-6,9H2,1H3,(H,16,17,18). The minimum absolute atomic E-state index is 0.522. The highest BCUT2D eigenvalue weighted by atomic mass is 32.1. The summed E-state index contributed by atoms with van der Waals surface area (Å²) in [5.41, 5.74) is 0. The average Bonchev–Trinajstić information content (AvgIpc) is 3.11. The zero-order valence-corrected chi connectivity index (χ0v) is 12.7. The fourth-order valence-electron chi connectivity index (χ4n) is 2.07. The summed E-state index contributed by atoms with van der Waals surface area (Å²) in [6.07, 6.45) is 4.17. The zero-order valence-electron chi connectivity index (χ0n) is 11.8. The molecule has 0 bridgehead atoms. The number of furan rings is 1. The Balaban J connectivity index is 1.44. The number of anilines is 1. The average molecular weight is 303 g/mol. The number of aryl methyl sites for hydroxylation is 1. The molecule has 0 saturated carbocycles. The monoisotopic (exact) mass is 303 g/mol. The van der Waals surface area contributed by atoms with Gasteiger partial charge in [0, 0.05) is 18.0 Å². The van der Waals surface area contributed by atoms with Crippen LogP contribution < -0.4 is 5.32 Å². The fraction of sp³-hybridized carbons (Fsp3) is 0.333. The summed E-state index contributed by atoms with van der Waals surface area (Å²) in [5.74, 6) is 1.75. The van der Waals surface area contributed by atoms with Gasteiger partial charge < -0.3 is 14.5 Å². The van der Waals surface area contributed by atoms with Crippen molar-refractivity contribution in [3.63, 3.8) is 0 Å². The molecule has 1 N–H and O–H groups in total. The molecule has 3 aromatic rings. The van der Waals surface area contributed by atoms with Gasteiger partial charge in [-0.15, -0.1) is 11.3 Å². The summed E-state index contributed by atoms with van der Waals surface area (Å²) in [7, 11) is 0. The first-order valence-corrected chi connectivity index (χ1v) is 7.70. The molecule has 3 heterocycles. The Morgan fingerprint density at radius 1 is 1.38 bits per heavy atom. The van der Waals surface area contributed by atoms with E-state index in [-0.39, 0.29) is 0 Å². The molecule has 21 heavy (non-hydrogen) atoms. The molecule has 0 amide bonds. The molecule has 0 unspecified atom stereocenters. The Labute approximate surface area is 127 Å². The third-order valence-corrected chi connectivity index (χ3v) is 3.99. The SMILES string of the molecule is Cc1cc2c(NCCCOCc3ccco3)ncnc2s1. The lowest BCUT2D eigenvalue weighted by Gasteiger charge is -2.06. The first-order chi connectivity index (χ1) is 10.3. The molecule has 110 valence electrons. The Bertz CT molecular complexity index is 694. The third-order valence-electron chi connectivity index (χ3n) is 3.03. The van der Waals surface area contributed by atoms with E-state index in [1.807, 2.05) is 12.1 Å². The van der Waals surface area contributed by atoms with Gasteiger partial charge in [-0.25, -0.2) is 9.97 Å². The van der Waals surface area contributed by atoms with Crippen LogP contribution in [-0.2, 0) is 11.3 Å². The van der Waals surface area contributed by atoms with Gasteiger partial charge in [-0.05, 0) is 31.5 Å². The molecule has 0 fully saturated rings. The maximum atomic E-state index is 5.54. The minimum atomic E-state index is 0.522. The first-order valence-electron chi connectivity index (χ1n) is 6.88. The number of rotatable bonds is 7. The molecule has 0 spiro atoms. The lowest BCUT2D eigenvalue weighted by molar-refractivity contribution is 0.106. The highest BCUT2D eigenvalue weighted by Crippen LogP contribution is 2.27. The van der Waals surface area contributed by atoms with Gasteiger partial charge in [-0.1, -0.05) is 0 Å². The van der Waals surface area contributed by atoms with Crippen molar-refractivity contribution < 1.29 is 9.15 Å². The maximum Gasteiger partial charge on any atom is 0.138 e. The van der Waals surface area contributed by atoms with Crippen LogP contribution in [0.2, 0.25) is 0 Å². The summed E-state index contributed by atoms with van der Waals surface area (Å²) in [6.45, 7) is 4.11. The molecule has 6 heteroatoms. The smallest absolute Gasteiger partial charge is 0.138 e. The van der Waals surface area contributed by atoms with E-state index < -0.39 is 0 Å². The molecule has 0 aromatic carbocycles. The van der Waals surface area contributed by atoms with Crippen molar-refractivity contribution in [2.45, 2.75) is 20.0 Å². The fourth-order valence-corrected chi connectivity index (χ4v) is 2.91. The number of ether oxygens (including phenoxy) is 1.